The number of aromatic nitrogens is 3. The molecule has 1 heterocycles. The SMILES string of the molecule is NCc1cc(Br)cc(S(=O)(=O)NCCc2ncn[nH]2)c1F. The van der Waals surface area contributed by atoms with E-state index in [0.717, 1.165) is 0 Å². The third-order valence-electron chi connectivity index (χ3n) is 2.71. The molecule has 0 spiro atoms. The molecule has 10 heteroatoms. The van der Waals surface area contributed by atoms with E-state index in [4.69, 9.17) is 5.73 Å². The monoisotopic (exact) mass is 377 g/mol. The maximum absolute atomic E-state index is 14.1. The van der Waals surface area contributed by atoms with Crippen molar-refractivity contribution in [3.8, 4) is 0 Å². The molecule has 0 amide bonds. The van der Waals surface area contributed by atoms with E-state index < -0.39 is 20.7 Å². The fourth-order valence-electron chi connectivity index (χ4n) is 1.70. The van der Waals surface area contributed by atoms with E-state index in [1.165, 1.54) is 18.5 Å². The van der Waals surface area contributed by atoms with Gasteiger partial charge in [0.25, 0.3) is 0 Å². The van der Waals surface area contributed by atoms with Crippen molar-refractivity contribution in [2.75, 3.05) is 6.54 Å². The first-order chi connectivity index (χ1) is 9.94. The highest BCUT2D eigenvalue weighted by Crippen LogP contribution is 2.23. The molecule has 0 aliphatic carbocycles. The van der Waals surface area contributed by atoms with Crippen molar-refractivity contribution in [1.82, 2.24) is 19.9 Å². The van der Waals surface area contributed by atoms with Crippen LogP contribution in [0, 0.1) is 5.82 Å². The van der Waals surface area contributed by atoms with Gasteiger partial charge in [0, 0.05) is 29.5 Å². The third-order valence-corrected chi connectivity index (χ3v) is 4.63. The first-order valence-electron chi connectivity index (χ1n) is 5.96. The van der Waals surface area contributed by atoms with Crippen molar-refractivity contribution in [1.29, 1.82) is 0 Å². The number of benzene rings is 1. The Bertz CT molecular complexity index is 720. The molecule has 0 saturated heterocycles. The molecule has 114 valence electrons. The van der Waals surface area contributed by atoms with E-state index in [0.29, 0.717) is 16.7 Å². The summed E-state index contributed by atoms with van der Waals surface area (Å²) >= 11 is 3.14. The first-order valence-corrected chi connectivity index (χ1v) is 8.23. The van der Waals surface area contributed by atoms with E-state index in [-0.39, 0.29) is 18.7 Å². The second-order valence-corrected chi connectivity index (χ2v) is 6.81. The Labute approximate surface area is 129 Å². The molecule has 4 N–H and O–H groups in total. The predicted molar refractivity (Wildman–Crippen MR) is 77.3 cm³/mol. The van der Waals surface area contributed by atoms with Crippen LogP contribution >= 0.6 is 15.9 Å². The summed E-state index contributed by atoms with van der Waals surface area (Å²) in [5, 5.41) is 6.26. The molecule has 2 aromatic rings. The molecule has 0 radical (unpaired) electrons. The lowest BCUT2D eigenvalue weighted by Crippen LogP contribution is -2.27. The Hall–Kier alpha value is -1.36. The van der Waals surface area contributed by atoms with Crippen molar-refractivity contribution < 1.29 is 12.8 Å². The van der Waals surface area contributed by atoms with Gasteiger partial charge in [-0.3, -0.25) is 5.10 Å². The number of H-pyrrole nitrogens is 1. The highest BCUT2D eigenvalue weighted by molar-refractivity contribution is 9.10. The number of nitrogens with zero attached hydrogens (tertiary/aromatic N) is 2. The van der Waals surface area contributed by atoms with E-state index >= 15 is 0 Å². The minimum Gasteiger partial charge on any atom is -0.326 e. The van der Waals surface area contributed by atoms with Crippen LogP contribution in [0.15, 0.2) is 27.8 Å². The van der Waals surface area contributed by atoms with Crippen molar-refractivity contribution in [2.45, 2.75) is 17.9 Å². The minimum atomic E-state index is -3.97. The van der Waals surface area contributed by atoms with Gasteiger partial charge in [-0.05, 0) is 12.1 Å². The van der Waals surface area contributed by atoms with Crippen molar-refractivity contribution >= 4 is 26.0 Å². The zero-order valence-corrected chi connectivity index (χ0v) is 13.2. The van der Waals surface area contributed by atoms with E-state index in [1.807, 2.05) is 0 Å². The van der Waals surface area contributed by atoms with E-state index in [2.05, 4.69) is 35.8 Å². The lowest BCUT2D eigenvalue weighted by Gasteiger charge is -2.10. The Morgan fingerprint density at radius 1 is 1.43 bits per heavy atom. The van der Waals surface area contributed by atoms with Gasteiger partial charge in [-0.2, -0.15) is 5.10 Å². The van der Waals surface area contributed by atoms with Gasteiger partial charge in [-0.15, -0.1) is 0 Å². The van der Waals surface area contributed by atoms with Crippen molar-refractivity contribution in [3.63, 3.8) is 0 Å². The molecule has 0 saturated carbocycles. The van der Waals surface area contributed by atoms with Gasteiger partial charge in [0.15, 0.2) is 0 Å². The van der Waals surface area contributed by atoms with E-state index in [1.54, 1.807) is 0 Å². The van der Waals surface area contributed by atoms with Crippen LogP contribution in [0.3, 0.4) is 0 Å². The first kappa shape index (κ1) is 16.0. The van der Waals surface area contributed by atoms with Crippen LogP contribution in [-0.4, -0.2) is 30.1 Å². The normalized spacial score (nSPS) is 11.8. The summed E-state index contributed by atoms with van der Waals surface area (Å²) in [5.41, 5.74) is 5.53. The Kier molecular flexibility index (Phi) is 5.04. The molecule has 0 atom stereocenters. The minimum absolute atomic E-state index is 0.0709. The molecular weight excluding hydrogens is 365 g/mol. The van der Waals surface area contributed by atoms with Crippen molar-refractivity contribution in [2.24, 2.45) is 5.73 Å². The van der Waals surface area contributed by atoms with Crippen LogP contribution < -0.4 is 10.5 Å². The average molecular weight is 378 g/mol. The second kappa shape index (κ2) is 6.60. The van der Waals surface area contributed by atoms with Crippen LogP contribution in [0.25, 0.3) is 0 Å². The zero-order chi connectivity index (χ0) is 15.5. The maximum atomic E-state index is 14.1. The molecule has 0 aliphatic heterocycles. The molecule has 1 aromatic carbocycles. The lowest BCUT2D eigenvalue weighted by atomic mass is 10.2. The summed E-state index contributed by atoms with van der Waals surface area (Å²) in [7, 11) is -3.97. The predicted octanol–water partition coefficient (Wildman–Crippen LogP) is 0.686. The number of hydrogen-bond acceptors (Lipinski definition) is 5. The highest BCUT2D eigenvalue weighted by Gasteiger charge is 2.21. The number of sulfonamides is 1. The van der Waals surface area contributed by atoms with Crippen LogP contribution in [0.2, 0.25) is 0 Å². The molecule has 0 unspecified atom stereocenters. The quantitative estimate of drug-likeness (QED) is 0.684. The fourth-order valence-corrected chi connectivity index (χ4v) is 3.53. The molecule has 0 fully saturated rings. The summed E-state index contributed by atoms with van der Waals surface area (Å²) in [4.78, 5) is 3.43. The van der Waals surface area contributed by atoms with Crippen LogP contribution in [0.5, 0.6) is 0 Å². The fraction of sp³-hybridized carbons (Fsp3) is 0.273. The number of hydrogen-bond donors (Lipinski definition) is 3. The molecule has 7 nitrogen and oxygen atoms in total. The number of halogens is 2. The Morgan fingerprint density at radius 2 is 2.19 bits per heavy atom. The average Bonchev–Trinajstić information content (AvgIpc) is 2.93. The van der Waals surface area contributed by atoms with Gasteiger partial charge in [0.2, 0.25) is 10.0 Å². The number of rotatable bonds is 6. The van der Waals surface area contributed by atoms with E-state index in [9.17, 15) is 12.8 Å². The third kappa shape index (κ3) is 3.84. The van der Waals surface area contributed by atoms with Gasteiger partial charge in [-0.1, -0.05) is 15.9 Å². The second-order valence-electron chi connectivity index (χ2n) is 4.16. The number of nitrogens with two attached hydrogens (primary N) is 1. The summed E-state index contributed by atoms with van der Waals surface area (Å²) in [6.07, 6.45) is 1.64. The summed E-state index contributed by atoms with van der Waals surface area (Å²) in [6, 6.07) is 2.65. The summed E-state index contributed by atoms with van der Waals surface area (Å²) < 4.78 is 41.1. The molecule has 21 heavy (non-hydrogen) atoms. The topological polar surface area (TPSA) is 114 Å². The summed E-state index contributed by atoms with van der Waals surface area (Å²) in [6.45, 7) is -0.0205. The molecule has 2 rings (SSSR count). The molecule has 0 bridgehead atoms. The maximum Gasteiger partial charge on any atom is 0.243 e. The van der Waals surface area contributed by atoms with Crippen LogP contribution in [0.4, 0.5) is 4.39 Å². The Morgan fingerprint density at radius 3 is 2.81 bits per heavy atom. The largest absolute Gasteiger partial charge is 0.326 e. The highest BCUT2D eigenvalue weighted by atomic mass is 79.9. The van der Waals surface area contributed by atoms with Gasteiger partial charge in [0.1, 0.15) is 22.9 Å². The zero-order valence-electron chi connectivity index (χ0n) is 10.8. The lowest BCUT2D eigenvalue weighted by molar-refractivity contribution is 0.549. The van der Waals surface area contributed by atoms with Gasteiger partial charge in [-0.25, -0.2) is 22.5 Å². The molecule has 1 aromatic heterocycles. The van der Waals surface area contributed by atoms with Gasteiger partial charge >= 0.3 is 0 Å². The molecular formula is C11H13BrFN5O2S. The Balaban J connectivity index is 2.17. The van der Waals surface area contributed by atoms with Gasteiger partial charge in [0.05, 0.1) is 0 Å². The van der Waals surface area contributed by atoms with Crippen LogP contribution in [0.1, 0.15) is 11.4 Å². The smallest absolute Gasteiger partial charge is 0.243 e. The van der Waals surface area contributed by atoms with Crippen LogP contribution in [-0.2, 0) is 23.0 Å². The molecule has 0 aliphatic rings. The standard InChI is InChI=1S/C11H13BrFN5O2S/c12-8-3-7(5-14)11(13)9(4-8)21(19,20)17-2-1-10-15-6-16-18-10/h3-4,6,17H,1-2,5,14H2,(H,15,16,18). The van der Waals surface area contributed by atoms with Crippen molar-refractivity contribution in [3.05, 3.63) is 40.1 Å². The van der Waals surface area contributed by atoms with Gasteiger partial charge < -0.3 is 5.73 Å². The summed E-state index contributed by atoms with van der Waals surface area (Å²) in [5.74, 6) is -0.303. The number of aromatic amines is 1. The number of nitrogens with one attached hydrogen (secondary N) is 2.